The highest BCUT2D eigenvalue weighted by Gasteiger charge is 1.92. The van der Waals surface area contributed by atoms with Crippen molar-refractivity contribution in [2.45, 2.75) is 40.0 Å². The summed E-state index contributed by atoms with van der Waals surface area (Å²) in [5.41, 5.74) is 2.99. The minimum atomic E-state index is 0.899. The SMILES string of the molecule is COCCCCC(C)=C(C)C. The van der Waals surface area contributed by atoms with Crippen LogP contribution < -0.4 is 0 Å². The molecule has 0 atom stereocenters. The molecule has 0 saturated heterocycles. The molecule has 0 spiro atoms. The second-order valence-corrected chi connectivity index (χ2v) is 3.23. The molecule has 0 aliphatic rings. The molecule has 0 aromatic rings. The van der Waals surface area contributed by atoms with Crippen LogP contribution in [0, 0.1) is 0 Å². The van der Waals surface area contributed by atoms with Gasteiger partial charge in [0.1, 0.15) is 0 Å². The van der Waals surface area contributed by atoms with E-state index in [1.165, 1.54) is 30.4 Å². The molecule has 0 aliphatic carbocycles. The van der Waals surface area contributed by atoms with E-state index in [0.717, 1.165) is 6.61 Å². The molecule has 0 bridgehead atoms. The molecule has 0 amide bonds. The van der Waals surface area contributed by atoms with Crippen molar-refractivity contribution in [2.24, 2.45) is 0 Å². The van der Waals surface area contributed by atoms with Crippen molar-refractivity contribution < 1.29 is 4.74 Å². The number of rotatable bonds is 5. The molecular formula is C10H20O. The molecule has 0 heterocycles. The fourth-order valence-corrected chi connectivity index (χ4v) is 0.887. The Hall–Kier alpha value is -0.300. The largest absolute Gasteiger partial charge is 0.385 e. The summed E-state index contributed by atoms with van der Waals surface area (Å²) in [5.74, 6) is 0. The van der Waals surface area contributed by atoms with Crippen LogP contribution in [0.5, 0.6) is 0 Å². The van der Waals surface area contributed by atoms with Crippen molar-refractivity contribution in [2.75, 3.05) is 13.7 Å². The number of allylic oxidation sites excluding steroid dienone is 2. The van der Waals surface area contributed by atoms with Gasteiger partial charge in [0.05, 0.1) is 0 Å². The Morgan fingerprint density at radius 1 is 1.09 bits per heavy atom. The molecule has 66 valence electrons. The fraction of sp³-hybridized carbons (Fsp3) is 0.800. The molecule has 0 radical (unpaired) electrons. The van der Waals surface area contributed by atoms with Crippen molar-refractivity contribution in [1.82, 2.24) is 0 Å². The second-order valence-electron chi connectivity index (χ2n) is 3.23. The average Bonchev–Trinajstić information content (AvgIpc) is 1.97. The van der Waals surface area contributed by atoms with Gasteiger partial charge in [-0.1, -0.05) is 11.1 Å². The normalized spacial score (nSPS) is 9.82. The second kappa shape index (κ2) is 6.41. The molecule has 11 heavy (non-hydrogen) atoms. The maximum absolute atomic E-state index is 4.97. The fourth-order valence-electron chi connectivity index (χ4n) is 0.887. The lowest BCUT2D eigenvalue weighted by Crippen LogP contribution is -1.89. The molecule has 1 nitrogen and oxygen atoms in total. The number of hydrogen-bond acceptors (Lipinski definition) is 1. The lowest BCUT2D eigenvalue weighted by atomic mass is 10.1. The number of hydrogen-bond donors (Lipinski definition) is 0. The molecule has 0 N–H and O–H groups in total. The van der Waals surface area contributed by atoms with E-state index in [2.05, 4.69) is 20.8 Å². The topological polar surface area (TPSA) is 9.23 Å². The quantitative estimate of drug-likeness (QED) is 0.439. The average molecular weight is 156 g/mol. The Morgan fingerprint density at radius 2 is 1.73 bits per heavy atom. The Bertz CT molecular complexity index is 121. The van der Waals surface area contributed by atoms with Crippen LogP contribution in [0.15, 0.2) is 11.1 Å². The standard InChI is InChI=1S/C10H20O/c1-9(2)10(3)7-5-6-8-11-4/h5-8H2,1-4H3. The molecule has 0 saturated carbocycles. The highest BCUT2D eigenvalue weighted by atomic mass is 16.5. The van der Waals surface area contributed by atoms with Crippen LogP contribution in [0.4, 0.5) is 0 Å². The van der Waals surface area contributed by atoms with E-state index >= 15 is 0 Å². The Kier molecular flexibility index (Phi) is 6.24. The van der Waals surface area contributed by atoms with E-state index in [-0.39, 0.29) is 0 Å². The molecule has 0 aliphatic heterocycles. The third-order valence-electron chi connectivity index (χ3n) is 2.00. The van der Waals surface area contributed by atoms with Gasteiger partial charge in [-0.15, -0.1) is 0 Å². The van der Waals surface area contributed by atoms with Crippen LogP contribution in [-0.4, -0.2) is 13.7 Å². The molecule has 1 heteroatoms. The number of unbranched alkanes of at least 4 members (excludes halogenated alkanes) is 1. The van der Waals surface area contributed by atoms with Crippen molar-refractivity contribution in [3.63, 3.8) is 0 Å². The van der Waals surface area contributed by atoms with Crippen LogP contribution in [0.1, 0.15) is 40.0 Å². The van der Waals surface area contributed by atoms with Gasteiger partial charge >= 0.3 is 0 Å². The lowest BCUT2D eigenvalue weighted by molar-refractivity contribution is 0.193. The molecule has 0 rings (SSSR count). The van der Waals surface area contributed by atoms with Crippen LogP contribution in [0.2, 0.25) is 0 Å². The maximum atomic E-state index is 4.97. The lowest BCUT2D eigenvalue weighted by Gasteiger charge is -2.02. The van der Waals surface area contributed by atoms with Crippen molar-refractivity contribution in [3.8, 4) is 0 Å². The number of ether oxygens (including phenoxy) is 1. The van der Waals surface area contributed by atoms with Gasteiger partial charge in [0.15, 0.2) is 0 Å². The van der Waals surface area contributed by atoms with E-state index in [1.807, 2.05) is 0 Å². The minimum Gasteiger partial charge on any atom is -0.385 e. The summed E-state index contributed by atoms with van der Waals surface area (Å²) in [5, 5.41) is 0. The number of methoxy groups -OCH3 is 1. The molecule has 0 aromatic heterocycles. The van der Waals surface area contributed by atoms with E-state index < -0.39 is 0 Å². The summed E-state index contributed by atoms with van der Waals surface area (Å²) >= 11 is 0. The summed E-state index contributed by atoms with van der Waals surface area (Å²) in [4.78, 5) is 0. The van der Waals surface area contributed by atoms with E-state index in [1.54, 1.807) is 7.11 Å². The van der Waals surface area contributed by atoms with Gasteiger partial charge in [-0.3, -0.25) is 0 Å². The maximum Gasteiger partial charge on any atom is 0.0462 e. The zero-order valence-corrected chi connectivity index (χ0v) is 8.24. The summed E-state index contributed by atoms with van der Waals surface area (Å²) in [6.45, 7) is 7.45. The molecule has 0 fully saturated rings. The van der Waals surface area contributed by atoms with E-state index in [0.29, 0.717) is 0 Å². The van der Waals surface area contributed by atoms with Crippen LogP contribution in [-0.2, 0) is 4.74 Å². The van der Waals surface area contributed by atoms with Crippen molar-refractivity contribution in [1.29, 1.82) is 0 Å². The first-order chi connectivity index (χ1) is 5.18. The monoisotopic (exact) mass is 156 g/mol. The summed E-state index contributed by atoms with van der Waals surface area (Å²) < 4.78 is 4.97. The van der Waals surface area contributed by atoms with Crippen LogP contribution in [0.3, 0.4) is 0 Å². The smallest absolute Gasteiger partial charge is 0.0462 e. The van der Waals surface area contributed by atoms with Gasteiger partial charge in [0.25, 0.3) is 0 Å². The Balaban J connectivity index is 3.32. The van der Waals surface area contributed by atoms with Crippen LogP contribution >= 0.6 is 0 Å². The minimum absolute atomic E-state index is 0.899. The van der Waals surface area contributed by atoms with Gasteiger partial charge in [-0.05, 0) is 40.0 Å². The predicted octanol–water partition coefficient (Wildman–Crippen LogP) is 3.16. The third kappa shape index (κ3) is 6.11. The Morgan fingerprint density at radius 3 is 2.18 bits per heavy atom. The van der Waals surface area contributed by atoms with Gasteiger partial charge in [0, 0.05) is 13.7 Å². The first-order valence-electron chi connectivity index (χ1n) is 4.30. The highest BCUT2D eigenvalue weighted by molar-refractivity contribution is 5.06. The first-order valence-corrected chi connectivity index (χ1v) is 4.30. The summed E-state index contributed by atoms with van der Waals surface area (Å²) in [6, 6.07) is 0. The highest BCUT2D eigenvalue weighted by Crippen LogP contribution is 2.10. The molecule has 0 aromatic carbocycles. The predicted molar refractivity (Wildman–Crippen MR) is 49.8 cm³/mol. The summed E-state index contributed by atoms with van der Waals surface area (Å²) in [6.07, 6.45) is 3.66. The Labute approximate surface area is 70.4 Å². The van der Waals surface area contributed by atoms with E-state index in [9.17, 15) is 0 Å². The van der Waals surface area contributed by atoms with Gasteiger partial charge in [0.2, 0.25) is 0 Å². The van der Waals surface area contributed by atoms with Crippen LogP contribution in [0.25, 0.3) is 0 Å². The van der Waals surface area contributed by atoms with Gasteiger partial charge < -0.3 is 4.74 Å². The van der Waals surface area contributed by atoms with Crippen molar-refractivity contribution in [3.05, 3.63) is 11.1 Å². The zero-order chi connectivity index (χ0) is 8.69. The summed E-state index contributed by atoms with van der Waals surface area (Å²) in [7, 11) is 1.76. The third-order valence-corrected chi connectivity index (χ3v) is 2.00. The van der Waals surface area contributed by atoms with Gasteiger partial charge in [-0.25, -0.2) is 0 Å². The molecule has 0 unspecified atom stereocenters. The van der Waals surface area contributed by atoms with Crippen molar-refractivity contribution >= 4 is 0 Å². The van der Waals surface area contributed by atoms with Gasteiger partial charge in [-0.2, -0.15) is 0 Å². The first kappa shape index (κ1) is 10.7. The van der Waals surface area contributed by atoms with E-state index in [4.69, 9.17) is 4.74 Å². The molecular weight excluding hydrogens is 136 g/mol. The zero-order valence-electron chi connectivity index (χ0n) is 8.24.